The second-order valence-electron chi connectivity index (χ2n) is 5.91. The molecule has 3 rings (SSSR count). The van der Waals surface area contributed by atoms with Crippen LogP contribution in [-0.2, 0) is 11.2 Å². The van der Waals surface area contributed by atoms with Gasteiger partial charge in [-0.3, -0.25) is 9.78 Å². The molecule has 1 amide bonds. The number of amides is 1. The van der Waals surface area contributed by atoms with Gasteiger partial charge in [-0.05, 0) is 43.0 Å². The van der Waals surface area contributed by atoms with Crippen LogP contribution in [-0.4, -0.2) is 23.0 Å². The maximum absolute atomic E-state index is 12.1. The summed E-state index contributed by atoms with van der Waals surface area (Å²) in [4.78, 5) is 16.3. The van der Waals surface area contributed by atoms with Gasteiger partial charge in [0.25, 0.3) is 0 Å². The van der Waals surface area contributed by atoms with Crippen molar-refractivity contribution in [3.63, 3.8) is 0 Å². The molecule has 0 bridgehead atoms. The fourth-order valence-corrected chi connectivity index (χ4v) is 3.22. The molecule has 1 aliphatic rings. The molecule has 4 nitrogen and oxygen atoms in total. The minimum atomic E-state index is -0.628. The molecule has 3 N–H and O–H groups in total. The second-order valence-corrected chi connectivity index (χ2v) is 5.91. The molecule has 4 heteroatoms. The molecule has 114 valence electrons. The molecular weight excluding hydrogens is 274 g/mol. The number of nitrogens with two attached hydrogens (primary N) is 1. The third-order valence-corrected chi connectivity index (χ3v) is 4.45. The van der Waals surface area contributed by atoms with E-state index in [2.05, 4.69) is 22.4 Å². The molecule has 2 heterocycles. The lowest BCUT2D eigenvalue weighted by atomic mass is 9.81. The lowest BCUT2D eigenvalue weighted by Crippen LogP contribution is -2.59. The molecule has 1 unspecified atom stereocenters. The molecule has 1 atom stereocenters. The van der Waals surface area contributed by atoms with Crippen molar-refractivity contribution in [1.82, 2.24) is 10.3 Å². The minimum Gasteiger partial charge on any atom is -0.368 e. The van der Waals surface area contributed by atoms with E-state index in [4.69, 9.17) is 5.73 Å². The van der Waals surface area contributed by atoms with Gasteiger partial charge in [0.05, 0.1) is 0 Å². The van der Waals surface area contributed by atoms with E-state index < -0.39 is 5.54 Å². The largest absolute Gasteiger partial charge is 0.368 e. The number of primary amides is 1. The fourth-order valence-electron chi connectivity index (χ4n) is 3.22. The van der Waals surface area contributed by atoms with Gasteiger partial charge in [-0.15, -0.1) is 0 Å². The van der Waals surface area contributed by atoms with Crippen LogP contribution in [0.3, 0.4) is 0 Å². The first kappa shape index (κ1) is 14.7. The van der Waals surface area contributed by atoms with E-state index in [1.54, 1.807) is 6.20 Å². The molecular formula is C18H21N3O. The zero-order valence-corrected chi connectivity index (χ0v) is 12.6. The number of nitrogens with zero attached hydrogens (tertiary/aromatic N) is 1. The fraction of sp³-hybridized carbons (Fsp3) is 0.333. The number of pyridine rings is 1. The number of piperidine rings is 1. The zero-order valence-electron chi connectivity index (χ0n) is 12.6. The third kappa shape index (κ3) is 2.88. The standard InChI is InChI=1S/C18H21N3O/c19-17(22)18(9-3-4-11-21-18)12-14-6-1-2-8-16(14)15-7-5-10-20-13-15/h1-2,5-8,10,13,21H,3-4,9,11-12H2,(H2,19,22). The van der Waals surface area contributed by atoms with Crippen molar-refractivity contribution in [3.05, 3.63) is 54.4 Å². The molecule has 0 radical (unpaired) electrons. The molecule has 0 spiro atoms. The average Bonchev–Trinajstić information content (AvgIpc) is 2.57. The number of rotatable bonds is 4. The summed E-state index contributed by atoms with van der Waals surface area (Å²) in [6.45, 7) is 0.845. The predicted molar refractivity (Wildman–Crippen MR) is 87.2 cm³/mol. The van der Waals surface area contributed by atoms with Crippen LogP contribution in [0.2, 0.25) is 0 Å². The van der Waals surface area contributed by atoms with Crippen molar-refractivity contribution in [2.24, 2.45) is 5.73 Å². The highest BCUT2D eigenvalue weighted by molar-refractivity contribution is 5.85. The van der Waals surface area contributed by atoms with Crippen LogP contribution in [0.5, 0.6) is 0 Å². The monoisotopic (exact) mass is 295 g/mol. The SMILES string of the molecule is NC(=O)C1(Cc2ccccc2-c2cccnc2)CCCCN1. The van der Waals surface area contributed by atoms with Crippen LogP contribution >= 0.6 is 0 Å². The summed E-state index contributed by atoms with van der Waals surface area (Å²) in [5.41, 5.74) is 8.40. The van der Waals surface area contributed by atoms with Gasteiger partial charge < -0.3 is 11.1 Å². The van der Waals surface area contributed by atoms with Crippen molar-refractivity contribution in [2.75, 3.05) is 6.54 Å². The van der Waals surface area contributed by atoms with E-state index in [0.717, 1.165) is 42.5 Å². The maximum atomic E-state index is 12.1. The molecule has 1 fully saturated rings. The Bertz CT molecular complexity index is 648. The van der Waals surface area contributed by atoms with Crippen molar-refractivity contribution in [1.29, 1.82) is 0 Å². The molecule has 0 aliphatic carbocycles. The first-order valence-electron chi connectivity index (χ1n) is 7.74. The summed E-state index contributed by atoms with van der Waals surface area (Å²) in [5.74, 6) is -0.256. The summed E-state index contributed by atoms with van der Waals surface area (Å²) in [5, 5.41) is 3.37. The average molecular weight is 295 g/mol. The number of carbonyl (C=O) groups is 1. The van der Waals surface area contributed by atoms with E-state index in [-0.39, 0.29) is 5.91 Å². The van der Waals surface area contributed by atoms with Crippen LogP contribution in [0.15, 0.2) is 48.8 Å². The van der Waals surface area contributed by atoms with Gasteiger partial charge in [0.2, 0.25) is 5.91 Å². The molecule has 1 aromatic carbocycles. The van der Waals surface area contributed by atoms with E-state index >= 15 is 0 Å². The number of benzene rings is 1. The van der Waals surface area contributed by atoms with Crippen LogP contribution in [0, 0.1) is 0 Å². The van der Waals surface area contributed by atoms with Gasteiger partial charge in [-0.1, -0.05) is 30.3 Å². The van der Waals surface area contributed by atoms with E-state index in [9.17, 15) is 4.79 Å². The Kier molecular flexibility index (Phi) is 4.20. The summed E-state index contributed by atoms with van der Waals surface area (Å²) in [6, 6.07) is 12.1. The summed E-state index contributed by atoms with van der Waals surface area (Å²) in [6.07, 6.45) is 7.16. The van der Waals surface area contributed by atoms with Crippen molar-refractivity contribution in [2.45, 2.75) is 31.2 Å². The van der Waals surface area contributed by atoms with E-state index in [0.29, 0.717) is 6.42 Å². The Balaban J connectivity index is 1.97. The third-order valence-electron chi connectivity index (χ3n) is 4.45. The number of carbonyl (C=O) groups excluding carboxylic acids is 1. The highest BCUT2D eigenvalue weighted by Crippen LogP contribution is 2.29. The predicted octanol–water partition coefficient (Wildman–Crippen LogP) is 2.29. The zero-order chi connectivity index (χ0) is 15.4. The minimum absolute atomic E-state index is 0.256. The highest BCUT2D eigenvalue weighted by atomic mass is 16.1. The van der Waals surface area contributed by atoms with Crippen LogP contribution in [0.1, 0.15) is 24.8 Å². The number of hydrogen-bond donors (Lipinski definition) is 2. The normalized spacial score (nSPS) is 21.5. The van der Waals surface area contributed by atoms with Gasteiger partial charge in [0.15, 0.2) is 0 Å². The number of hydrogen-bond acceptors (Lipinski definition) is 3. The van der Waals surface area contributed by atoms with Crippen molar-refractivity contribution in [3.8, 4) is 11.1 Å². The second kappa shape index (κ2) is 6.28. The summed E-state index contributed by atoms with van der Waals surface area (Å²) >= 11 is 0. The van der Waals surface area contributed by atoms with Crippen LogP contribution < -0.4 is 11.1 Å². The number of aromatic nitrogens is 1. The quantitative estimate of drug-likeness (QED) is 0.909. The maximum Gasteiger partial charge on any atom is 0.238 e. The Morgan fingerprint density at radius 3 is 2.77 bits per heavy atom. The topological polar surface area (TPSA) is 68.0 Å². The summed E-state index contributed by atoms with van der Waals surface area (Å²) < 4.78 is 0. The molecule has 1 aromatic heterocycles. The number of nitrogens with one attached hydrogen (secondary N) is 1. The smallest absolute Gasteiger partial charge is 0.238 e. The lowest BCUT2D eigenvalue weighted by molar-refractivity contribution is -0.125. The Morgan fingerprint density at radius 2 is 2.09 bits per heavy atom. The first-order valence-corrected chi connectivity index (χ1v) is 7.74. The Hall–Kier alpha value is -2.20. The van der Waals surface area contributed by atoms with Crippen molar-refractivity contribution < 1.29 is 4.79 Å². The van der Waals surface area contributed by atoms with Crippen LogP contribution in [0.4, 0.5) is 0 Å². The van der Waals surface area contributed by atoms with Gasteiger partial charge >= 0.3 is 0 Å². The molecule has 1 aliphatic heterocycles. The lowest BCUT2D eigenvalue weighted by Gasteiger charge is -2.36. The molecule has 0 saturated carbocycles. The van der Waals surface area contributed by atoms with E-state index in [1.165, 1.54) is 0 Å². The van der Waals surface area contributed by atoms with Gasteiger partial charge in [-0.2, -0.15) is 0 Å². The Labute approximate surface area is 130 Å². The molecule has 2 aromatic rings. The Morgan fingerprint density at radius 1 is 1.23 bits per heavy atom. The van der Waals surface area contributed by atoms with Gasteiger partial charge in [0, 0.05) is 24.4 Å². The highest BCUT2D eigenvalue weighted by Gasteiger charge is 2.38. The molecule has 22 heavy (non-hydrogen) atoms. The first-order chi connectivity index (χ1) is 10.7. The van der Waals surface area contributed by atoms with Gasteiger partial charge in [0.1, 0.15) is 5.54 Å². The summed E-state index contributed by atoms with van der Waals surface area (Å²) in [7, 11) is 0. The van der Waals surface area contributed by atoms with E-state index in [1.807, 2.05) is 30.5 Å². The van der Waals surface area contributed by atoms with Gasteiger partial charge in [-0.25, -0.2) is 0 Å². The molecule has 1 saturated heterocycles. The van der Waals surface area contributed by atoms with Crippen molar-refractivity contribution >= 4 is 5.91 Å². The van der Waals surface area contributed by atoms with Crippen LogP contribution in [0.25, 0.3) is 11.1 Å².